The van der Waals surface area contributed by atoms with Gasteiger partial charge in [-0.05, 0) is 0 Å². The molecule has 1 aromatic heterocycles. The molecule has 3 aromatic rings. The van der Waals surface area contributed by atoms with Crippen LogP contribution in [0.25, 0.3) is 20.4 Å². The van der Waals surface area contributed by atoms with E-state index in [0.29, 0.717) is 14.5 Å². The van der Waals surface area contributed by atoms with Gasteiger partial charge in [-0.15, -0.1) is 0 Å². The average Bonchev–Trinajstić information content (AvgIpc) is 2.37. The standard InChI is InChI=1S/C13H9Se.BF4/c1-2-5-11-10(4-1)7-8-13-12(11)6-3-9-14-13;2-1(3,4)5/h1-9H;/q+1;-1. The molecule has 3 rings (SSSR count). The molecule has 1 heterocycles. The van der Waals surface area contributed by atoms with Gasteiger partial charge in [-0.3, -0.25) is 0 Å². The summed E-state index contributed by atoms with van der Waals surface area (Å²) in [6, 6.07) is 17.5. The number of hydrogen-bond acceptors (Lipinski definition) is 0. The first-order chi connectivity index (χ1) is 8.95. The molecule has 0 saturated carbocycles. The normalized spacial score (nSPS) is 11.2. The predicted octanol–water partition coefficient (Wildman–Crippen LogP) is 4.63. The Hall–Kier alpha value is -1.39. The summed E-state index contributed by atoms with van der Waals surface area (Å²) in [5.41, 5.74) is 0. The molecule has 0 amide bonds. The van der Waals surface area contributed by atoms with Crippen LogP contribution in [0, 0.1) is 0 Å². The second-order valence-corrected chi connectivity index (χ2v) is 5.79. The van der Waals surface area contributed by atoms with E-state index in [9.17, 15) is 17.3 Å². The summed E-state index contributed by atoms with van der Waals surface area (Å²) >= 11 is 0.522. The van der Waals surface area contributed by atoms with E-state index in [4.69, 9.17) is 0 Å². The molecule has 0 spiro atoms. The molecule has 19 heavy (non-hydrogen) atoms. The second kappa shape index (κ2) is 5.72. The van der Waals surface area contributed by atoms with Crippen molar-refractivity contribution in [3.63, 3.8) is 0 Å². The van der Waals surface area contributed by atoms with Gasteiger partial charge in [0.25, 0.3) is 0 Å². The van der Waals surface area contributed by atoms with Gasteiger partial charge in [0.05, 0.1) is 0 Å². The number of benzene rings is 2. The maximum atomic E-state index is 9.75. The molecule has 0 bridgehead atoms. The summed E-state index contributed by atoms with van der Waals surface area (Å²) in [6.45, 7) is 0. The van der Waals surface area contributed by atoms with Crippen molar-refractivity contribution in [3.8, 4) is 0 Å². The van der Waals surface area contributed by atoms with Crippen LogP contribution in [0.5, 0.6) is 0 Å². The Kier molecular flexibility index (Phi) is 4.22. The van der Waals surface area contributed by atoms with E-state index in [1.807, 2.05) is 0 Å². The molecule has 0 radical (unpaired) electrons. The van der Waals surface area contributed by atoms with Gasteiger partial charge in [0.2, 0.25) is 0 Å². The van der Waals surface area contributed by atoms with Crippen molar-refractivity contribution in [3.05, 3.63) is 53.5 Å². The fourth-order valence-corrected chi connectivity index (χ4v) is 3.38. The van der Waals surface area contributed by atoms with Crippen LogP contribution in [-0.4, -0.2) is 21.8 Å². The number of rotatable bonds is 0. The van der Waals surface area contributed by atoms with E-state index in [2.05, 4.69) is 53.5 Å². The Morgan fingerprint density at radius 3 is 2.11 bits per heavy atom. The SMILES string of the molecule is F[B-](F)(F)F.c1ccc2c(c1)ccc1[se+]cccc12. The van der Waals surface area contributed by atoms with Gasteiger partial charge in [-0.25, -0.2) is 0 Å². The number of hydrogen-bond donors (Lipinski definition) is 0. The van der Waals surface area contributed by atoms with Gasteiger partial charge >= 0.3 is 95.6 Å². The summed E-state index contributed by atoms with van der Waals surface area (Å²) < 4.78 is 40.5. The van der Waals surface area contributed by atoms with E-state index in [1.54, 1.807) is 0 Å². The van der Waals surface area contributed by atoms with Crippen molar-refractivity contribution in [1.29, 1.82) is 0 Å². The number of halogens is 4. The van der Waals surface area contributed by atoms with E-state index in [1.165, 1.54) is 20.4 Å². The zero-order valence-electron chi connectivity index (χ0n) is 9.69. The van der Waals surface area contributed by atoms with Crippen LogP contribution in [0.3, 0.4) is 0 Å². The quantitative estimate of drug-likeness (QED) is 0.320. The first-order valence-electron chi connectivity index (χ1n) is 5.51. The van der Waals surface area contributed by atoms with Gasteiger partial charge < -0.3 is 17.3 Å². The van der Waals surface area contributed by atoms with Gasteiger partial charge in [-0.1, -0.05) is 0 Å². The molecule has 0 unspecified atom stereocenters. The van der Waals surface area contributed by atoms with Crippen molar-refractivity contribution in [2.75, 3.05) is 0 Å². The van der Waals surface area contributed by atoms with Gasteiger partial charge in [0, 0.05) is 0 Å². The van der Waals surface area contributed by atoms with Crippen molar-refractivity contribution in [2.45, 2.75) is 0 Å². The Morgan fingerprint density at radius 2 is 1.37 bits per heavy atom. The molecule has 0 N–H and O–H groups in total. The fourth-order valence-electron chi connectivity index (χ4n) is 1.80. The zero-order chi connectivity index (χ0) is 13.9. The monoisotopic (exact) mass is 332 g/mol. The molecule has 0 aliphatic carbocycles. The molecule has 6 heteroatoms. The van der Waals surface area contributed by atoms with Crippen LogP contribution in [0.1, 0.15) is 0 Å². The van der Waals surface area contributed by atoms with Gasteiger partial charge in [-0.2, -0.15) is 0 Å². The number of fused-ring (bicyclic) bond motifs is 3. The van der Waals surface area contributed by atoms with Gasteiger partial charge in [0.1, 0.15) is 0 Å². The average molecular weight is 331 g/mol. The molecule has 2 aromatic carbocycles. The van der Waals surface area contributed by atoms with E-state index >= 15 is 0 Å². The summed E-state index contributed by atoms with van der Waals surface area (Å²) in [5.74, 6) is 0. The molecule has 0 nitrogen and oxygen atoms in total. The van der Waals surface area contributed by atoms with Crippen LogP contribution in [0.15, 0.2) is 53.5 Å². The third-order valence-corrected chi connectivity index (χ3v) is 4.36. The van der Waals surface area contributed by atoms with E-state index in [0.717, 1.165) is 0 Å². The van der Waals surface area contributed by atoms with Crippen molar-refractivity contribution < 1.29 is 17.3 Å². The minimum atomic E-state index is -6.00. The molecule has 0 saturated heterocycles. The maximum absolute atomic E-state index is 9.75. The predicted molar refractivity (Wildman–Crippen MR) is 73.0 cm³/mol. The molecule has 98 valence electrons. The Bertz CT molecular complexity index is 636. The zero-order valence-corrected chi connectivity index (χ0v) is 11.4. The topological polar surface area (TPSA) is 0 Å². The summed E-state index contributed by atoms with van der Waals surface area (Å²) in [5, 5.41) is 4.15. The molecular weight excluding hydrogens is 322 g/mol. The molecule has 0 atom stereocenters. The Labute approximate surface area is 113 Å². The van der Waals surface area contributed by atoms with E-state index in [-0.39, 0.29) is 0 Å². The molecule has 0 fully saturated rings. The molecule has 0 aliphatic heterocycles. The van der Waals surface area contributed by atoms with Crippen LogP contribution in [0.2, 0.25) is 0 Å². The Balaban J connectivity index is 0.000000232. The first kappa shape index (κ1) is 14.0. The van der Waals surface area contributed by atoms with Crippen LogP contribution in [-0.2, 0) is 0 Å². The van der Waals surface area contributed by atoms with Crippen LogP contribution >= 0.6 is 0 Å². The van der Waals surface area contributed by atoms with Crippen LogP contribution < -0.4 is 0 Å². The summed E-state index contributed by atoms with van der Waals surface area (Å²) in [7, 11) is -6.00. The molecular formula is C13H9BF4Se. The second-order valence-electron chi connectivity index (χ2n) is 3.81. The summed E-state index contributed by atoms with van der Waals surface area (Å²) in [4.78, 5) is 2.27. The van der Waals surface area contributed by atoms with Crippen molar-refractivity contribution in [2.24, 2.45) is 0 Å². The summed E-state index contributed by atoms with van der Waals surface area (Å²) in [6.07, 6.45) is 0. The fraction of sp³-hybridized carbons (Fsp3) is 0. The van der Waals surface area contributed by atoms with E-state index < -0.39 is 7.25 Å². The first-order valence-corrected chi connectivity index (χ1v) is 7.35. The minimum absolute atomic E-state index is 0.522. The third kappa shape index (κ3) is 4.05. The molecule has 0 aliphatic rings. The third-order valence-electron chi connectivity index (χ3n) is 2.47. The Morgan fingerprint density at radius 1 is 0.737 bits per heavy atom. The van der Waals surface area contributed by atoms with Crippen LogP contribution in [0.4, 0.5) is 17.3 Å². The van der Waals surface area contributed by atoms with Crippen molar-refractivity contribution in [1.82, 2.24) is 0 Å². The van der Waals surface area contributed by atoms with Crippen molar-refractivity contribution >= 4 is 42.2 Å². The van der Waals surface area contributed by atoms with Gasteiger partial charge in [0.15, 0.2) is 0 Å².